The number of halogens is 3. The molecule has 0 aromatic carbocycles. The fraction of sp³-hybridized carbons (Fsp3) is 0.312. The van der Waals surface area contributed by atoms with Gasteiger partial charge in [-0.1, -0.05) is 12.2 Å². The Labute approximate surface area is 152 Å². The van der Waals surface area contributed by atoms with Gasteiger partial charge in [0.2, 0.25) is 5.95 Å². The molecule has 11 heteroatoms. The maximum atomic E-state index is 13.1. The fourth-order valence-electron chi connectivity index (χ4n) is 2.21. The molecule has 0 radical (unpaired) electrons. The van der Waals surface area contributed by atoms with Crippen molar-refractivity contribution < 1.29 is 18.0 Å². The number of aromatic nitrogens is 3. The number of carbonyl (C=O) groups excluding carboxylic acids is 1. The molecule has 0 spiro atoms. The Balaban J connectivity index is 2.45. The number of allylic oxidation sites excluding steroid dienone is 1. The molecule has 2 heterocycles. The normalized spacial score (nSPS) is 12.8. The van der Waals surface area contributed by atoms with Gasteiger partial charge in [-0.2, -0.15) is 22.7 Å². The molecule has 1 amide bonds. The first-order chi connectivity index (χ1) is 12.7. The summed E-state index contributed by atoms with van der Waals surface area (Å²) in [5.74, 6) is -0.817. The molecule has 0 aliphatic rings. The number of hydroxylamine groups is 1. The third-order valence-corrected chi connectivity index (χ3v) is 3.25. The van der Waals surface area contributed by atoms with Crippen LogP contribution in [0.1, 0.15) is 26.3 Å². The first kappa shape index (κ1) is 20.2. The van der Waals surface area contributed by atoms with Gasteiger partial charge in [-0.15, -0.1) is 5.10 Å². The lowest BCUT2D eigenvalue weighted by molar-refractivity contribution is -0.137. The summed E-state index contributed by atoms with van der Waals surface area (Å²) in [4.78, 5) is 16.1. The molecule has 0 unspecified atom stereocenters. The third-order valence-electron chi connectivity index (χ3n) is 3.25. The first-order valence-electron chi connectivity index (χ1n) is 7.92. The number of amides is 1. The average Bonchev–Trinajstić information content (AvgIpc) is 2.96. The highest BCUT2D eigenvalue weighted by atomic mass is 19.4. The van der Waals surface area contributed by atoms with Crippen LogP contribution in [0.2, 0.25) is 0 Å². The van der Waals surface area contributed by atoms with Crippen LogP contribution in [0, 0.1) is 5.21 Å². The summed E-state index contributed by atoms with van der Waals surface area (Å²) in [6.07, 6.45) is -0.714. The molecule has 3 N–H and O–H groups in total. The lowest BCUT2D eigenvalue weighted by Gasteiger charge is -2.14. The van der Waals surface area contributed by atoms with E-state index < -0.39 is 17.6 Å². The van der Waals surface area contributed by atoms with Crippen molar-refractivity contribution in [2.75, 3.05) is 10.6 Å². The number of hydrogen-bond donors (Lipinski definition) is 3. The van der Waals surface area contributed by atoms with Crippen molar-refractivity contribution >= 4 is 23.3 Å². The van der Waals surface area contributed by atoms with E-state index in [0.29, 0.717) is 0 Å². The molecule has 0 saturated carbocycles. The number of rotatable bonds is 6. The van der Waals surface area contributed by atoms with Gasteiger partial charge in [-0.05, 0) is 39.1 Å². The van der Waals surface area contributed by atoms with Crippen molar-refractivity contribution in [3.05, 3.63) is 46.8 Å². The highest BCUT2D eigenvalue weighted by Gasteiger charge is 2.32. The van der Waals surface area contributed by atoms with Crippen molar-refractivity contribution in [3.8, 4) is 0 Å². The molecular weight excluding hydrogens is 365 g/mol. The molecule has 0 aliphatic heterocycles. The third kappa shape index (κ3) is 4.97. The van der Waals surface area contributed by atoms with Gasteiger partial charge in [-0.25, -0.2) is 0 Å². The molecule has 27 heavy (non-hydrogen) atoms. The second kappa shape index (κ2) is 8.08. The Morgan fingerprint density at radius 1 is 1.33 bits per heavy atom. The van der Waals surface area contributed by atoms with E-state index >= 15 is 0 Å². The molecular formula is C16H18F3N6O2-. The molecule has 2 aromatic rings. The topological polar surface area (TPSA) is 106 Å². The highest BCUT2D eigenvalue weighted by molar-refractivity contribution is 6.04. The van der Waals surface area contributed by atoms with Crippen molar-refractivity contribution in [2.24, 2.45) is 0 Å². The van der Waals surface area contributed by atoms with E-state index in [1.807, 2.05) is 0 Å². The van der Waals surface area contributed by atoms with Crippen LogP contribution in [0.4, 0.5) is 24.9 Å². The van der Waals surface area contributed by atoms with Crippen molar-refractivity contribution in [2.45, 2.75) is 33.0 Å². The van der Waals surface area contributed by atoms with E-state index in [9.17, 15) is 23.2 Å². The molecule has 2 rings (SSSR count). The average molecular weight is 383 g/mol. The summed E-state index contributed by atoms with van der Waals surface area (Å²) in [6.45, 7) is 5.17. The Bertz CT molecular complexity index is 886. The number of carbonyl (C=O) groups is 1. The lowest BCUT2D eigenvalue weighted by Crippen LogP contribution is -2.16. The van der Waals surface area contributed by atoms with E-state index in [1.54, 1.807) is 26.8 Å². The Morgan fingerprint density at radius 3 is 2.59 bits per heavy atom. The fourth-order valence-corrected chi connectivity index (χ4v) is 2.21. The number of nitrogens with one attached hydrogen (secondary N) is 3. The van der Waals surface area contributed by atoms with E-state index in [0.717, 1.165) is 22.8 Å². The second-order valence-electron chi connectivity index (χ2n) is 5.80. The molecule has 8 nitrogen and oxygen atoms in total. The van der Waals surface area contributed by atoms with E-state index in [-0.39, 0.29) is 29.0 Å². The minimum atomic E-state index is -4.56. The van der Waals surface area contributed by atoms with Gasteiger partial charge in [0.25, 0.3) is 5.91 Å². The number of alkyl halides is 3. The van der Waals surface area contributed by atoms with Gasteiger partial charge in [0.1, 0.15) is 5.82 Å². The number of fused-ring (bicyclic) bond motifs is 1. The van der Waals surface area contributed by atoms with Gasteiger partial charge < -0.3 is 16.0 Å². The van der Waals surface area contributed by atoms with Gasteiger partial charge >= 0.3 is 6.18 Å². The summed E-state index contributed by atoms with van der Waals surface area (Å²) in [5, 5.41) is 19.7. The van der Waals surface area contributed by atoms with E-state index in [1.165, 1.54) is 11.6 Å². The van der Waals surface area contributed by atoms with Crippen LogP contribution in [0.15, 0.2) is 36.1 Å². The zero-order chi connectivity index (χ0) is 20.2. The van der Waals surface area contributed by atoms with Gasteiger partial charge in [0.05, 0.1) is 11.1 Å². The second-order valence-corrected chi connectivity index (χ2v) is 5.80. The number of nitrogens with zero attached hydrogens (tertiary/aromatic N) is 3. The minimum absolute atomic E-state index is 0.00265. The summed E-state index contributed by atoms with van der Waals surface area (Å²) in [6, 6.07) is 1.59. The first-order valence-corrected chi connectivity index (χ1v) is 7.92. The van der Waals surface area contributed by atoms with Crippen LogP contribution in [-0.2, 0) is 11.0 Å². The highest BCUT2D eigenvalue weighted by Crippen LogP contribution is 2.32. The van der Waals surface area contributed by atoms with Crippen LogP contribution < -0.4 is 16.1 Å². The number of anilines is 2. The lowest BCUT2D eigenvalue weighted by atomic mass is 10.2. The molecule has 146 valence electrons. The predicted molar refractivity (Wildman–Crippen MR) is 94.8 cm³/mol. The molecule has 0 saturated heterocycles. The van der Waals surface area contributed by atoms with Gasteiger partial charge in [0, 0.05) is 6.04 Å². The summed E-state index contributed by atoms with van der Waals surface area (Å²) in [7, 11) is 0. The molecule has 0 fully saturated rings. The maximum absolute atomic E-state index is 13.1. The minimum Gasteiger partial charge on any atom is -0.761 e. The predicted octanol–water partition coefficient (Wildman–Crippen LogP) is 3.05. The summed E-state index contributed by atoms with van der Waals surface area (Å²) < 4.78 is 40.5. The van der Waals surface area contributed by atoms with Gasteiger partial charge in [0.15, 0.2) is 5.65 Å². The van der Waals surface area contributed by atoms with Crippen LogP contribution in [0.3, 0.4) is 0 Å². The summed E-state index contributed by atoms with van der Waals surface area (Å²) in [5.41, 5.74) is 0.508. The Kier molecular flexibility index (Phi) is 6.05. The zero-order valence-corrected chi connectivity index (χ0v) is 14.8. The van der Waals surface area contributed by atoms with Crippen molar-refractivity contribution in [3.63, 3.8) is 0 Å². The van der Waals surface area contributed by atoms with Crippen LogP contribution in [0.25, 0.3) is 5.65 Å². The maximum Gasteiger partial charge on any atom is 0.416 e. The number of hydrogen-bond acceptors (Lipinski definition) is 6. The Hall–Kier alpha value is -3.08. The van der Waals surface area contributed by atoms with Crippen molar-refractivity contribution in [1.29, 1.82) is 0 Å². The number of pyridine rings is 1. The molecule has 0 bridgehead atoms. The van der Waals surface area contributed by atoms with Crippen LogP contribution in [0.5, 0.6) is 0 Å². The standard InChI is InChI=1S/C16H18F3N6O2/c1-4-5-10(8-20-27)14(26)23-15-22-13-7-11(16(17,18)19)6-12(21-9(2)3)25(13)24-15/h4-9,20-21H,1-3H3,(H,23,24,26)/q-1/b5-4-,10-8+. The van der Waals surface area contributed by atoms with E-state index in [2.05, 4.69) is 20.7 Å². The molecule has 0 atom stereocenters. The smallest absolute Gasteiger partial charge is 0.416 e. The van der Waals surface area contributed by atoms with Crippen LogP contribution in [-0.4, -0.2) is 26.5 Å². The zero-order valence-electron chi connectivity index (χ0n) is 14.8. The summed E-state index contributed by atoms with van der Waals surface area (Å²) >= 11 is 0. The monoisotopic (exact) mass is 383 g/mol. The SMILES string of the molecule is C/C=C\C(=C/N[O-])C(=O)Nc1nc2cc(C(F)(F)F)cc(NC(C)C)n2n1. The van der Waals surface area contributed by atoms with Gasteiger partial charge in [-0.3, -0.25) is 10.1 Å². The largest absolute Gasteiger partial charge is 0.761 e. The molecule has 2 aromatic heterocycles. The molecule has 0 aliphatic carbocycles. The Morgan fingerprint density at radius 2 is 2.04 bits per heavy atom. The van der Waals surface area contributed by atoms with Crippen molar-refractivity contribution in [1.82, 2.24) is 20.1 Å². The van der Waals surface area contributed by atoms with Crippen LogP contribution >= 0.6 is 0 Å². The van der Waals surface area contributed by atoms with E-state index in [4.69, 9.17) is 0 Å². The quantitative estimate of drug-likeness (QED) is 0.402.